The molecule has 0 saturated carbocycles. The van der Waals surface area contributed by atoms with E-state index in [9.17, 15) is 9.18 Å². The van der Waals surface area contributed by atoms with Crippen LogP contribution < -0.4 is 20.3 Å². The largest absolute Gasteiger partial charge is 0.494 e. The predicted molar refractivity (Wildman–Crippen MR) is 207 cm³/mol. The summed E-state index contributed by atoms with van der Waals surface area (Å²) in [5.74, 6) is 0.520. The third-order valence-corrected chi connectivity index (χ3v) is 10.4. The summed E-state index contributed by atoms with van der Waals surface area (Å²) in [5.41, 5.74) is 4.66. The number of hydrogen-bond acceptors (Lipinski definition) is 10. The number of likely N-dealkylation sites (N-methyl/N-ethyl adjacent to an activating group) is 2. The lowest BCUT2D eigenvalue weighted by Crippen LogP contribution is -2.29. The van der Waals surface area contributed by atoms with Crippen molar-refractivity contribution in [2.75, 3.05) is 75.6 Å². The molecule has 2 N–H and O–H groups in total. The van der Waals surface area contributed by atoms with E-state index in [-0.39, 0.29) is 30.8 Å². The highest BCUT2D eigenvalue weighted by Gasteiger charge is 2.23. The minimum atomic E-state index is -1.30. The van der Waals surface area contributed by atoms with E-state index >= 15 is 0 Å². The number of carbonyl (C=O) groups excluding carboxylic acids is 1. The van der Waals surface area contributed by atoms with Crippen molar-refractivity contribution in [3.8, 4) is 28.4 Å². The van der Waals surface area contributed by atoms with Crippen molar-refractivity contribution in [3.63, 3.8) is 0 Å². The number of halogens is 2. The van der Waals surface area contributed by atoms with Gasteiger partial charge in [0.2, 0.25) is 11.9 Å². The van der Waals surface area contributed by atoms with Crippen LogP contribution in [0.3, 0.4) is 0 Å². The van der Waals surface area contributed by atoms with Gasteiger partial charge in [-0.25, -0.2) is 19.3 Å². The third kappa shape index (κ3) is 10.7. The number of methoxy groups -OCH3 is 1. The molecule has 11 nitrogen and oxygen atoms in total. The van der Waals surface area contributed by atoms with Crippen LogP contribution in [0.4, 0.5) is 27.4 Å². The Bertz CT molecular complexity index is 1740. The summed E-state index contributed by atoms with van der Waals surface area (Å²) >= 11 is 7.38. The Kier molecular flexibility index (Phi) is 14.1. The summed E-state index contributed by atoms with van der Waals surface area (Å²) in [6.07, 6.45) is 3.80. The monoisotopic (exact) mass is 742 g/mol. The van der Waals surface area contributed by atoms with Gasteiger partial charge in [-0.1, -0.05) is 31.4 Å². The number of rotatable bonds is 18. The molecule has 2 heterocycles. The maximum Gasteiger partial charge on any atom is 0.227 e. The number of aromatic nitrogens is 4. The number of imidazole rings is 1. The number of nitrogens with one attached hydrogen (secondary N) is 2. The number of nitrogens with zero attached hydrogens (tertiary/aromatic N) is 6. The molecule has 4 aromatic rings. The highest BCUT2D eigenvalue weighted by atomic mass is 35.5. The van der Waals surface area contributed by atoms with Crippen LogP contribution in [0.2, 0.25) is 25.7 Å². The van der Waals surface area contributed by atoms with E-state index in [2.05, 4.69) is 45.1 Å². The van der Waals surface area contributed by atoms with Crippen LogP contribution in [-0.2, 0) is 16.3 Å². The number of benzene rings is 2. The Morgan fingerprint density at radius 1 is 1.06 bits per heavy atom. The van der Waals surface area contributed by atoms with E-state index < -0.39 is 8.07 Å². The molecule has 2 aromatic carbocycles. The number of carbonyl (C=O) groups is 1. The molecule has 50 heavy (non-hydrogen) atoms. The molecule has 0 radical (unpaired) electrons. The van der Waals surface area contributed by atoms with Crippen molar-refractivity contribution in [1.29, 1.82) is 0 Å². The van der Waals surface area contributed by atoms with E-state index in [0.717, 1.165) is 41.2 Å². The number of amides is 1. The number of thioether (sulfide) groups is 1. The maximum atomic E-state index is 14.0. The number of alkyl halides is 1. The second-order valence-electron chi connectivity index (χ2n) is 13.3. The van der Waals surface area contributed by atoms with Crippen LogP contribution in [0.1, 0.15) is 6.42 Å². The smallest absolute Gasteiger partial charge is 0.227 e. The van der Waals surface area contributed by atoms with Gasteiger partial charge >= 0.3 is 0 Å². The Hall–Kier alpha value is -3.69. The van der Waals surface area contributed by atoms with Crippen LogP contribution in [-0.4, -0.2) is 98.5 Å². The zero-order chi connectivity index (χ0) is 36.4. The highest BCUT2D eigenvalue weighted by molar-refractivity contribution is 7.98. The van der Waals surface area contributed by atoms with Crippen LogP contribution in [0.25, 0.3) is 22.6 Å². The van der Waals surface area contributed by atoms with E-state index in [0.29, 0.717) is 41.1 Å². The Morgan fingerprint density at radius 3 is 2.44 bits per heavy atom. The van der Waals surface area contributed by atoms with Crippen LogP contribution in [0, 0.1) is 5.82 Å². The van der Waals surface area contributed by atoms with Gasteiger partial charge in [0.1, 0.15) is 18.3 Å². The molecule has 0 aliphatic heterocycles. The zero-order valence-corrected chi connectivity index (χ0v) is 32.7. The topological polar surface area (TPSA) is 110 Å². The average molecular weight is 743 g/mol. The fraction of sp³-hybridized carbons (Fsp3) is 0.429. The van der Waals surface area contributed by atoms with E-state index in [1.165, 1.54) is 23.9 Å². The SMILES string of the molecule is COc1cc(N(C)CCN(C)C)c(NC(=O)CCCl)cc1Nc1nccc(-c2c(-c3ccc(F)cc3)nc(SC)n2COCC[Si](C)(C)C)n1. The summed E-state index contributed by atoms with van der Waals surface area (Å²) in [5, 5.41) is 7.06. The van der Waals surface area contributed by atoms with Gasteiger partial charge in [-0.3, -0.25) is 9.36 Å². The summed E-state index contributed by atoms with van der Waals surface area (Å²) in [4.78, 5) is 31.3. The van der Waals surface area contributed by atoms with Crippen LogP contribution in [0.15, 0.2) is 53.8 Å². The molecule has 1 amide bonds. The molecule has 0 fully saturated rings. The van der Waals surface area contributed by atoms with Crippen molar-refractivity contribution in [1.82, 2.24) is 24.4 Å². The molecule has 0 aliphatic carbocycles. The first-order valence-corrected chi connectivity index (χ1v) is 21.8. The lowest BCUT2D eigenvalue weighted by Gasteiger charge is -2.26. The lowest BCUT2D eigenvalue weighted by atomic mass is 10.1. The van der Waals surface area contributed by atoms with Crippen molar-refractivity contribution >= 4 is 60.4 Å². The Labute approximate surface area is 305 Å². The van der Waals surface area contributed by atoms with Gasteiger partial charge in [-0.2, -0.15) is 0 Å². The second-order valence-corrected chi connectivity index (χ2v) is 20.0. The molecule has 270 valence electrons. The summed E-state index contributed by atoms with van der Waals surface area (Å²) in [7, 11) is 6.28. The average Bonchev–Trinajstić information content (AvgIpc) is 3.44. The normalized spacial score (nSPS) is 11.6. The molecule has 0 atom stereocenters. The van der Waals surface area contributed by atoms with Gasteiger partial charge < -0.3 is 29.9 Å². The minimum absolute atomic E-state index is 0.173. The van der Waals surface area contributed by atoms with Crippen LogP contribution >= 0.6 is 23.4 Å². The van der Waals surface area contributed by atoms with Crippen molar-refractivity contribution in [3.05, 3.63) is 54.5 Å². The summed E-state index contributed by atoms with van der Waals surface area (Å²) in [6, 6.07) is 12.8. The quantitative estimate of drug-likeness (QED) is 0.0461. The summed E-state index contributed by atoms with van der Waals surface area (Å²) < 4.78 is 28.0. The first-order valence-electron chi connectivity index (χ1n) is 16.4. The van der Waals surface area contributed by atoms with Crippen molar-refractivity contribution in [2.45, 2.75) is 44.0 Å². The molecule has 2 aromatic heterocycles. The Morgan fingerprint density at radius 2 is 1.80 bits per heavy atom. The molecule has 15 heteroatoms. The maximum absolute atomic E-state index is 14.0. The molecule has 0 saturated heterocycles. The van der Waals surface area contributed by atoms with Gasteiger partial charge in [0.25, 0.3) is 0 Å². The lowest BCUT2D eigenvalue weighted by molar-refractivity contribution is -0.115. The second kappa shape index (κ2) is 18.0. The zero-order valence-electron chi connectivity index (χ0n) is 30.1. The van der Waals surface area contributed by atoms with E-state index in [1.54, 1.807) is 25.4 Å². The number of hydrogen-bond donors (Lipinski definition) is 2. The van der Waals surface area contributed by atoms with E-state index in [1.807, 2.05) is 50.2 Å². The van der Waals surface area contributed by atoms with Gasteiger partial charge in [0.05, 0.1) is 41.3 Å². The molecular formula is C35H48ClFN8O3SSi. The highest BCUT2D eigenvalue weighted by Crippen LogP contribution is 2.39. The van der Waals surface area contributed by atoms with E-state index in [4.69, 9.17) is 31.0 Å². The van der Waals surface area contributed by atoms with Crippen LogP contribution in [0.5, 0.6) is 5.75 Å². The first-order chi connectivity index (χ1) is 23.8. The van der Waals surface area contributed by atoms with Crippen molar-refractivity contribution < 1.29 is 18.7 Å². The molecule has 0 unspecified atom stereocenters. The predicted octanol–water partition coefficient (Wildman–Crippen LogP) is 7.50. The van der Waals surface area contributed by atoms with Crippen molar-refractivity contribution in [2.24, 2.45) is 0 Å². The van der Waals surface area contributed by atoms with Gasteiger partial charge in [0, 0.05) is 64.9 Å². The standard InChI is InChI=1S/C35H48ClFN8O3SSi/c1-43(2)17-18-44(3)29-22-30(47-4)28(21-27(29)39-31(46)13-15-36)41-34-38-16-14-26(40-34)33-32(24-9-11-25(37)12-10-24)42-35(49-5)45(33)23-48-19-20-50(6,7)8/h9-12,14,16,21-22H,13,15,17-20,23H2,1-8H3,(H,39,46)(H,38,40,41). The minimum Gasteiger partial charge on any atom is -0.494 e. The number of anilines is 4. The molecule has 0 spiro atoms. The third-order valence-electron chi connectivity index (χ3n) is 7.80. The molecule has 4 rings (SSSR count). The summed E-state index contributed by atoms with van der Waals surface area (Å²) in [6.45, 7) is 9.39. The first kappa shape index (κ1) is 39.1. The van der Waals surface area contributed by atoms with Gasteiger partial charge in [-0.05, 0) is 62.8 Å². The fourth-order valence-electron chi connectivity index (χ4n) is 5.00. The molecule has 0 bridgehead atoms. The van der Waals surface area contributed by atoms with Gasteiger partial charge in [-0.15, -0.1) is 11.6 Å². The van der Waals surface area contributed by atoms with Gasteiger partial charge in [0.15, 0.2) is 5.16 Å². The molecular weight excluding hydrogens is 695 g/mol. The Balaban J connectivity index is 1.77. The molecule has 0 aliphatic rings. The fourth-order valence-corrected chi connectivity index (χ4v) is 6.48. The number of ether oxygens (including phenoxy) is 2.